The molecule has 1 N–H and O–H groups in total. The summed E-state index contributed by atoms with van der Waals surface area (Å²) >= 11 is 0. The lowest BCUT2D eigenvalue weighted by Gasteiger charge is -2.12. The van der Waals surface area contributed by atoms with Crippen molar-refractivity contribution in [3.8, 4) is 17.2 Å². The molecule has 3 rings (SSSR count). The predicted molar refractivity (Wildman–Crippen MR) is 81.0 cm³/mol. The fourth-order valence-corrected chi connectivity index (χ4v) is 1.97. The third kappa shape index (κ3) is 2.88. The molecule has 0 atom stereocenters. The molecule has 0 aliphatic heterocycles. The zero-order valence-electron chi connectivity index (χ0n) is 12.3. The average Bonchev–Trinajstić information content (AvgIpc) is 2.96. The molecule has 0 bridgehead atoms. The van der Waals surface area contributed by atoms with E-state index in [4.69, 9.17) is 9.26 Å². The SMILES string of the molecule is CCOc1ccccc1Nc1ncncc1-c1nc(C)no1. The maximum atomic E-state index is 5.60. The molecule has 0 saturated heterocycles. The van der Waals surface area contributed by atoms with Crippen LogP contribution in [0, 0.1) is 6.92 Å². The van der Waals surface area contributed by atoms with E-state index >= 15 is 0 Å². The standard InChI is InChI=1S/C15H15N5O2/c1-3-21-13-7-5-4-6-12(13)19-14-11(8-16-9-17-14)15-18-10(2)20-22-15/h4-9H,3H2,1-2H3,(H,16,17,19). The fourth-order valence-electron chi connectivity index (χ4n) is 1.97. The molecule has 0 saturated carbocycles. The first-order valence-electron chi connectivity index (χ1n) is 6.87. The highest BCUT2D eigenvalue weighted by atomic mass is 16.5. The van der Waals surface area contributed by atoms with Gasteiger partial charge < -0.3 is 14.6 Å². The minimum Gasteiger partial charge on any atom is -0.492 e. The molecule has 7 nitrogen and oxygen atoms in total. The number of aromatic nitrogens is 4. The zero-order valence-corrected chi connectivity index (χ0v) is 12.3. The number of hydrogen-bond donors (Lipinski definition) is 1. The van der Waals surface area contributed by atoms with Crippen LogP contribution in [0.15, 0.2) is 41.3 Å². The molecular formula is C15H15N5O2. The molecule has 0 aliphatic rings. The second kappa shape index (κ2) is 6.21. The summed E-state index contributed by atoms with van der Waals surface area (Å²) in [6.45, 7) is 4.28. The zero-order chi connectivity index (χ0) is 15.4. The molecule has 0 unspecified atom stereocenters. The number of anilines is 2. The van der Waals surface area contributed by atoms with Crippen molar-refractivity contribution in [2.45, 2.75) is 13.8 Å². The summed E-state index contributed by atoms with van der Waals surface area (Å²) in [5.41, 5.74) is 1.44. The van der Waals surface area contributed by atoms with Crippen LogP contribution >= 0.6 is 0 Å². The molecule has 2 heterocycles. The predicted octanol–water partition coefficient (Wildman–Crippen LogP) is 2.98. The molecule has 2 aromatic heterocycles. The normalized spacial score (nSPS) is 10.5. The van der Waals surface area contributed by atoms with E-state index in [0.717, 1.165) is 11.4 Å². The average molecular weight is 297 g/mol. The number of para-hydroxylation sites is 2. The van der Waals surface area contributed by atoms with E-state index in [1.165, 1.54) is 6.33 Å². The summed E-state index contributed by atoms with van der Waals surface area (Å²) in [4.78, 5) is 12.5. The van der Waals surface area contributed by atoms with Gasteiger partial charge in [-0.1, -0.05) is 17.3 Å². The first-order chi connectivity index (χ1) is 10.8. The van der Waals surface area contributed by atoms with Crippen LogP contribution in [0.3, 0.4) is 0 Å². The molecule has 3 aromatic rings. The molecule has 0 spiro atoms. The summed E-state index contributed by atoms with van der Waals surface area (Å²) in [6.07, 6.45) is 3.09. The first-order valence-corrected chi connectivity index (χ1v) is 6.87. The van der Waals surface area contributed by atoms with Crippen molar-refractivity contribution in [3.05, 3.63) is 42.6 Å². The Bertz CT molecular complexity index is 772. The molecule has 0 fully saturated rings. The monoisotopic (exact) mass is 297 g/mol. The Labute approximate surface area is 127 Å². The molecule has 7 heteroatoms. The number of benzene rings is 1. The lowest BCUT2D eigenvalue weighted by molar-refractivity contribution is 0.342. The maximum absolute atomic E-state index is 5.60. The van der Waals surface area contributed by atoms with E-state index in [9.17, 15) is 0 Å². The van der Waals surface area contributed by atoms with Crippen molar-refractivity contribution >= 4 is 11.5 Å². The van der Waals surface area contributed by atoms with E-state index in [2.05, 4.69) is 25.4 Å². The lowest BCUT2D eigenvalue weighted by Crippen LogP contribution is -2.01. The van der Waals surface area contributed by atoms with Crippen molar-refractivity contribution in [2.75, 3.05) is 11.9 Å². The summed E-state index contributed by atoms with van der Waals surface area (Å²) in [5, 5.41) is 7.02. The Morgan fingerprint density at radius 1 is 1.27 bits per heavy atom. The molecule has 0 radical (unpaired) electrons. The Hall–Kier alpha value is -2.96. The third-order valence-electron chi connectivity index (χ3n) is 2.91. The molecular weight excluding hydrogens is 282 g/mol. The van der Waals surface area contributed by atoms with Crippen LogP contribution in [-0.4, -0.2) is 26.7 Å². The van der Waals surface area contributed by atoms with Crippen LogP contribution in [0.4, 0.5) is 11.5 Å². The first kappa shape index (κ1) is 14.0. The Morgan fingerprint density at radius 3 is 2.91 bits per heavy atom. The Morgan fingerprint density at radius 2 is 2.14 bits per heavy atom. The minimum atomic E-state index is 0.370. The number of hydrogen-bond acceptors (Lipinski definition) is 7. The Balaban J connectivity index is 1.97. The van der Waals surface area contributed by atoms with Crippen molar-refractivity contribution in [1.29, 1.82) is 0 Å². The van der Waals surface area contributed by atoms with E-state index in [0.29, 0.717) is 29.7 Å². The van der Waals surface area contributed by atoms with Crippen LogP contribution in [-0.2, 0) is 0 Å². The molecule has 0 aliphatic carbocycles. The van der Waals surface area contributed by atoms with Gasteiger partial charge in [0.2, 0.25) is 0 Å². The van der Waals surface area contributed by atoms with Crippen LogP contribution < -0.4 is 10.1 Å². The number of rotatable bonds is 5. The van der Waals surface area contributed by atoms with Crippen LogP contribution in [0.5, 0.6) is 5.75 Å². The highest BCUT2D eigenvalue weighted by Gasteiger charge is 2.14. The third-order valence-corrected chi connectivity index (χ3v) is 2.91. The number of ether oxygens (including phenoxy) is 1. The van der Waals surface area contributed by atoms with Crippen molar-refractivity contribution in [3.63, 3.8) is 0 Å². The van der Waals surface area contributed by atoms with Crippen LogP contribution in [0.25, 0.3) is 11.5 Å². The minimum absolute atomic E-state index is 0.370. The van der Waals surface area contributed by atoms with Gasteiger partial charge in [-0.2, -0.15) is 4.98 Å². The van der Waals surface area contributed by atoms with Gasteiger partial charge in [-0.15, -0.1) is 0 Å². The molecule has 22 heavy (non-hydrogen) atoms. The van der Waals surface area contributed by atoms with Crippen molar-refractivity contribution in [1.82, 2.24) is 20.1 Å². The largest absolute Gasteiger partial charge is 0.492 e. The van der Waals surface area contributed by atoms with Crippen LogP contribution in [0.1, 0.15) is 12.7 Å². The van der Waals surface area contributed by atoms with Gasteiger partial charge in [0.05, 0.1) is 12.3 Å². The van der Waals surface area contributed by atoms with E-state index in [1.54, 1.807) is 13.1 Å². The van der Waals surface area contributed by atoms with Gasteiger partial charge in [0, 0.05) is 6.20 Å². The number of nitrogens with zero attached hydrogens (tertiary/aromatic N) is 4. The van der Waals surface area contributed by atoms with Gasteiger partial charge in [-0.3, -0.25) is 0 Å². The second-order valence-electron chi connectivity index (χ2n) is 4.49. The molecule has 0 amide bonds. The van der Waals surface area contributed by atoms with E-state index in [1.807, 2.05) is 31.2 Å². The molecule has 1 aromatic carbocycles. The van der Waals surface area contributed by atoms with Gasteiger partial charge in [0.25, 0.3) is 5.89 Å². The number of nitrogens with one attached hydrogen (secondary N) is 1. The van der Waals surface area contributed by atoms with E-state index < -0.39 is 0 Å². The van der Waals surface area contributed by atoms with Gasteiger partial charge >= 0.3 is 0 Å². The van der Waals surface area contributed by atoms with Gasteiger partial charge in [-0.25, -0.2) is 9.97 Å². The topological polar surface area (TPSA) is 86.0 Å². The van der Waals surface area contributed by atoms with Crippen LogP contribution in [0.2, 0.25) is 0 Å². The summed E-state index contributed by atoms with van der Waals surface area (Å²) < 4.78 is 10.8. The highest BCUT2D eigenvalue weighted by Crippen LogP contribution is 2.31. The van der Waals surface area contributed by atoms with Crippen molar-refractivity contribution < 1.29 is 9.26 Å². The summed E-state index contributed by atoms with van der Waals surface area (Å²) in [6, 6.07) is 7.64. The fraction of sp³-hybridized carbons (Fsp3) is 0.200. The van der Waals surface area contributed by atoms with E-state index in [-0.39, 0.29) is 0 Å². The quantitative estimate of drug-likeness (QED) is 0.774. The van der Waals surface area contributed by atoms with Gasteiger partial charge in [0.1, 0.15) is 23.5 Å². The maximum Gasteiger partial charge on any atom is 0.263 e. The Kier molecular flexibility index (Phi) is 3.95. The van der Waals surface area contributed by atoms with Gasteiger partial charge in [0.15, 0.2) is 5.82 Å². The smallest absolute Gasteiger partial charge is 0.263 e. The lowest BCUT2D eigenvalue weighted by atomic mass is 10.2. The second-order valence-corrected chi connectivity index (χ2v) is 4.49. The highest BCUT2D eigenvalue weighted by molar-refractivity contribution is 5.74. The summed E-state index contributed by atoms with van der Waals surface area (Å²) in [7, 11) is 0. The summed E-state index contributed by atoms with van der Waals surface area (Å²) in [5.74, 6) is 2.25. The number of aryl methyl sites for hydroxylation is 1. The van der Waals surface area contributed by atoms with Crippen molar-refractivity contribution in [2.24, 2.45) is 0 Å². The van der Waals surface area contributed by atoms with Gasteiger partial charge in [-0.05, 0) is 26.0 Å². The molecule has 112 valence electrons.